The molecular weight excluding hydrogens is 380 g/mol. The van der Waals surface area contributed by atoms with Gasteiger partial charge in [0.25, 0.3) is 5.56 Å². The van der Waals surface area contributed by atoms with Crippen LogP contribution < -0.4 is 5.56 Å². The van der Waals surface area contributed by atoms with Gasteiger partial charge in [-0.1, -0.05) is 28.9 Å². The number of nitrogens with zero attached hydrogens (tertiary/aromatic N) is 1. The Morgan fingerprint density at radius 2 is 2.04 bits per heavy atom. The van der Waals surface area contributed by atoms with Crippen LogP contribution in [0.2, 0.25) is 0 Å². The second kappa shape index (κ2) is 5.21. The van der Waals surface area contributed by atoms with Crippen molar-refractivity contribution in [2.45, 2.75) is 25.5 Å². The van der Waals surface area contributed by atoms with E-state index in [1.807, 2.05) is 19.1 Å². The number of rotatable bonds is 2. The highest BCUT2D eigenvalue weighted by molar-refractivity contribution is 9.11. The Kier molecular flexibility index (Phi) is 3.68. The van der Waals surface area contributed by atoms with Crippen molar-refractivity contribution in [3.63, 3.8) is 0 Å². The third-order valence-corrected chi connectivity index (χ3v) is 7.87. The van der Waals surface area contributed by atoms with E-state index in [2.05, 4.69) is 20.9 Å². The smallest absolute Gasteiger partial charge is 0.273 e. The monoisotopic (exact) mass is 396 g/mol. The van der Waals surface area contributed by atoms with Gasteiger partial charge in [-0.05, 0) is 37.6 Å². The lowest BCUT2D eigenvalue weighted by molar-refractivity contribution is 0.491. The fourth-order valence-electron chi connectivity index (χ4n) is 3.07. The van der Waals surface area contributed by atoms with Crippen LogP contribution in [0.1, 0.15) is 20.8 Å². The van der Waals surface area contributed by atoms with Crippen LogP contribution in [0.3, 0.4) is 0 Å². The molecule has 2 aromatic heterocycles. The predicted octanol–water partition coefficient (Wildman–Crippen LogP) is 3.14. The molecule has 0 aromatic carbocycles. The maximum atomic E-state index is 13.4. The Morgan fingerprint density at radius 1 is 1.35 bits per heavy atom. The van der Waals surface area contributed by atoms with Gasteiger partial charge in [-0.3, -0.25) is 4.79 Å². The molecule has 3 rings (SSSR count). The highest BCUT2D eigenvalue weighted by atomic mass is 79.9. The van der Waals surface area contributed by atoms with E-state index in [-0.39, 0.29) is 11.4 Å². The van der Waals surface area contributed by atoms with Crippen LogP contribution in [0, 0.1) is 5.92 Å². The maximum absolute atomic E-state index is 13.4. The number of fused-ring (bicyclic) bond motifs is 1. The quantitative estimate of drug-likeness (QED) is 0.847. The molecule has 1 aliphatic carbocycles. The highest BCUT2D eigenvalue weighted by Gasteiger charge is 2.47. The van der Waals surface area contributed by atoms with E-state index in [4.69, 9.17) is 0 Å². The molecule has 2 heterocycles. The average Bonchev–Trinajstić information content (AvgIpc) is 2.90. The van der Waals surface area contributed by atoms with Crippen LogP contribution in [0.4, 0.5) is 0 Å². The standard InChI is InChI=1S/C16H17BrN2O3S/c1-10-8-13(17)9-11(2)16(10,3)23(21,22)19-7-5-12-4-6-18-15(20)14(12)19/h4-10H,1-3H3,(H,18,20). The highest BCUT2D eigenvalue weighted by Crippen LogP contribution is 2.42. The summed E-state index contributed by atoms with van der Waals surface area (Å²) in [4.78, 5) is 14.7. The first kappa shape index (κ1) is 16.3. The fraction of sp³-hybridized carbons (Fsp3) is 0.312. The Bertz CT molecular complexity index is 1010. The van der Waals surface area contributed by atoms with Crippen molar-refractivity contribution in [2.75, 3.05) is 0 Å². The molecule has 122 valence electrons. The molecule has 0 saturated carbocycles. The van der Waals surface area contributed by atoms with Crippen molar-refractivity contribution in [1.82, 2.24) is 8.96 Å². The second-order valence-electron chi connectivity index (χ2n) is 6.00. The Balaban J connectivity index is 2.30. The third kappa shape index (κ3) is 2.17. The molecule has 5 nitrogen and oxygen atoms in total. The first-order valence-corrected chi connectivity index (χ1v) is 9.43. The number of halogens is 1. The Labute approximate surface area is 142 Å². The molecule has 0 bridgehead atoms. The van der Waals surface area contributed by atoms with Crippen molar-refractivity contribution < 1.29 is 8.42 Å². The van der Waals surface area contributed by atoms with Crippen molar-refractivity contribution in [3.8, 4) is 0 Å². The lowest BCUT2D eigenvalue weighted by Gasteiger charge is -2.37. The summed E-state index contributed by atoms with van der Waals surface area (Å²) >= 11 is 3.42. The zero-order valence-corrected chi connectivity index (χ0v) is 15.4. The molecule has 1 aliphatic rings. The number of hydrogen-bond acceptors (Lipinski definition) is 3. The molecule has 0 saturated heterocycles. The molecule has 23 heavy (non-hydrogen) atoms. The third-order valence-electron chi connectivity index (χ3n) is 4.79. The molecule has 0 spiro atoms. The van der Waals surface area contributed by atoms with Crippen LogP contribution in [0.15, 0.2) is 51.5 Å². The Morgan fingerprint density at radius 3 is 2.70 bits per heavy atom. The lowest BCUT2D eigenvalue weighted by Crippen LogP contribution is -2.46. The van der Waals surface area contributed by atoms with Gasteiger partial charge in [-0.15, -0.1) is 0 Å². The summed E-state index contributed by atoms with van der Waals surface area (Å²) in [5.74, 6) is -0.243. The van der Waals surface area contributed by atoms with Gasteiger partial charge in [0, 0.05) is 28.2 Å². The summed E-state index contributed by atoms with van der Waals surface area (Å²) in [6.45, 7) is 5.38. The minimum atomic E-state index is -3.83. The zero-order chi connectivity index (χ0) is 17.0. The van der Waals surface area contributed by atoms with E-state index < -0.39 is 20.3 Å². The summed E-state index contributed by atoms with van der Waals surface area (Å²) in [5.41, 5.74) is 0.470. The number of allylic oxidation sites excluding steroid dienone is 3. The second-order valence-corrected chi connectivity index (χ2v) is 9.11. The van der Waals surface area contributed by atoms with E-state index in [0.29, 0.717) is 5.39 Å². The fourth-order valence-corrected chi connectivity index (χ4v) is 5.87. The molecule has 2 aromatic rings. The molecule has 0 fully saturated rings. The minimum Gasteiger partial charge on any atom is -0.327 e. The van der Waals surface area contributed by atoms with Crippen molar-refractivity contribution >= 4 is 36.9 Å². The van der Waals surface area contributed by atoms with Gasteiger partial charge in [0.15, 0.2) is 0 Å². The molecular formula is C16H17BrN2O3S. The predicted molar refractivity (Wildman–Crippen MR) is 95.2 cm³/mol. The number of pyridine rings is 1. The van der Waals surface area contributed by atoms with Crippen LogP contribution in [-0.2, 0) is 10.0 Å². The zero-order valence-electron chi connectivity index (χ0n) is 13.0. The SMILES string of the molecule is CC1=CC(Br)=CC(C)C1(C)S(=O)(=O)n1ccc2cc[nH]c(=O)c21. The summed E-state index contributed by atoms with van der Waals surface area (Å²) in [5, 5.41) is 0.600. The summed E-state index contributed by atoms with van der Waals surface area (Å²) < 4.78 is 27.6. The largest absolute Gasteiger partial charge is 0.327 e. The van der Waals surface area contributed by atoms with Gasteiger partial charge >= 0.3 is 0 Å². The van der Waals surface area contributed by atoms with Gasteiger partial charge in [0.1, 0.15) is 10.3 Å². The van der Waals surface area contributed by atoms with E-state index in [9.17, 15) is 13.2 Å². The van der Waals surface area contributed by atoms with Crippen molar-refractivity contribution in [1.29, 1.82) is 0 Å². The summed E-state index contributed by atoms with van der Waals surface area (Å²) in [6, 6.07) is 3.33. The van der Waals surface area contributed by atoms with Gasteiger partial charge in [-0.25, -0.2) is 12.4 Å². The Hall–Kier alpha value is -1.60. The molecule has 1 N–H and O–H groups in total. The number of hydrogen-bond donors (Lipinski definition) is 1. The van der Waals surface area contributed by atoms with E-state index in [1.54, 1.807) is 26.0 Å². The molecule has 0 radical (unpaired) electrons. The molecule has 7 heteroatoms. The van der Waals surface area contributed by atoms with Gasteiger partial charge in [0.2, 0.25) is 10.0 Å². The minimum absolute atomic E-state index is 0.155. The van der Waals surface area contributed by atoms with Crippen LogP contribution in [0.5, 0.6) is 0 Å². The maximum Gasteiger partial charge on any atom is 0.273 e. The topological polar surface area (TPSA) is 71.9 Å². The average molecular weight is 397 g/mol. The molecule has 2 atom stereocenters. The number of aromatic amines is 1. The van der Waals surface area contributed by atoms with Crippen molar-refractivity contribution in [3.05, 3.63) is 57.1 Å². The number of H-pyrrole nitrogens is 1. The van der Waals surface area contributed by atoms with Gasteiger partial charge in [0.05, 0.1) is 0 Å². The number of aromatic nitrogens is 2. The lowest BCUT2D eigenvalue weighted by atomic mass is 9.84. The van der Waals surface area contributed by atoms with E-state index >= 15 is 0 Å². The van der Waals surface area contributed by atoms with E-state index in [1.165, 1.54) is 12.4 Å². The van der Waals surface area contributed by atoms with Gasteiger partial charge < -0.3 is 4.98 Å². The molecule has 2 unspecified atom stereocenters. The first-order chi connectivity index (χ1) is 10.7. The normalized spacial score (nSPS) is 25.3. The summed E-state index contributed by atoms with van der Waals surface area (Å²) in [7, 11) is -3.83. The van der Waals surface area contributed by atoms with Crippen LogP contribution >= 0.6 is 15.9 Å². The van der Waals surface area contributed by atoms with E-state index in [0.717, 1.165) is 14.0 Å². The van der Waals surface area contributed by atoms with Crippen molar-refractivity contribution in [2.24, 2.45) is 5.92 Å². The van der Waals surface area contributed by atoms with Crippen LogP contribution in [0.25, 0.3) is 10.9 Å². The summed E-state index contributed by atoms with van der Waals surface area (Å²) in [6.07, 6.45) is 6.65. The van der Waals surface area contributed by atoms with Crippen LogP contribution in [-0.4, -0.2) is 22.1 Å². The van der Waals surface area contributed by atoms with Gasteiger partial charge in [-0.2, -0.15) is 0 Å². The molecule has 0 aliphatic heterocycles. The number of nitrogens with one attached hydrogen (secondary N) is 1. The molecule has 0 amide bonds. The first-order valence-electron chi connectivity index (χ1n) is 7.19.